The van der Waals surface area contributed by atoms with E-state index in [0.29, 0.717) is 76.2 Å². The van der Waals surface area contributed by atoms with Crippen molar-refractivity contribution in [1.29, 1.82) is 0 Å². The Kier molecular flexibility index (Phi) is 8.02. The summed E-state index contributed by atoms with van der Waals surface area (Å²) >= 11 is 0. The number of hydrogen-bond donors (Lipinski definition) is 1. The number of ether oxygens (including phenoxy) is 1. The molecule has 5 rings (SSSR count). The number of alkyl halides is 1. The van der Waals surface area contributed by atoms with E-state index >= 15 is 4.39 Å². The first kappa shape index (κ1) is 25.9. The van der Waals surface area contributed by atoms with Crippen LogP contribution in [0.1, 0.15) is 25.0 Å². The van der Waals surface area contributed by atoms with Crippen molar-refractivity contribution in [3.05, 3.63) is 54.4 Å². The number of piperazine rings is 1. The molecule has 3 aromatic rings. The summed E-state index contributed by atoms with van der Waals surface area (Å²) < 4.78 is 25.9. The Morgan fingerprint density at radius 1 is 1.08 bits per heavy atom. The van der Waals surface area contributed by atoms with Gasteiger partial charge in [-0.15, -0.1) is 0 Å². The largest absolute Gasteiger partial charge is 0.497 e. The fourth-order valence-corrected chi connectivity index (χ4v) is 4.93. The normalized spacial score (nSPS) is 17.8. The number of nitrogens with zero attached hydrogens (tertiary/aromatic N) is 6. The van der Waals surface area contributed by atoms with Crippen LogP contribution < -0.4 is 15.0 Å². The lowest BCUT2D eigenvalue weighted by molar-refractivity contribution is 0.0520. The number of pyridine rings is 1. The van der Waals surface area contributed by atoms with Gasteiger partial charge in [-0.2, -0.15) is 4.98 Å². The predicted octanol–water partition coefficient (Wildman–Crippen LogP) is 3.32. The summed E-state index contributed by atoms with van der Waals surface area (Å²) in [7, 11) is 1.62. The van der Waals surface area contributed by atoms with Gasteiger partial charge in [-0.05, 0) is 62.2 Å². The van der Waals surface area contributed by atoms with E-state index in [2.05, 4.69) is 25.3 Å². The molecule has 2 aliphatic heterocycles. The summed E-state index contributed by atoms with van der Waals surface area (Å²) in [6.45, 7) is 5.19. The summed E-state index contributed by atoms with van der Waals surface area (Å²) in [6.07, 6.45) is 3.37. The number of amides is 2. The molecule has 2 fully saturated rings. The molecule has 0 atom stereocenters. The molecule has 0 saturated carbocycles. The molecule has 2 amide bonds. The van der Waals surface area contributed by atoms with Crippen molar-refractivity contribution in [3.8, 4) is 17.1 Å². The second kappa shape index (κ2) is 11.8. The van der Waals surface area contributed by atoms with Gasteiger partial charge in [0.25, 0.3) is 0 Å². The maximum Gasteiger partial charge on any atom is 0.324 e. The van der Waals surface area contributed by atoms with Gasteiger partial charge in [0.2, 0.25) is 5.82 Å². The maximum absolute atomic E-state index is 15.2. The zero-order chi connectivity index (χ0) is 26.4. The number of anilines is 1. The third-order valence-electron chi connectivity index (χ3n) is 7.30. The minimum Gasteiger partial charge on any atom is -0.497 e. The van der Waals surface area contributed by atoms with Crippen molar-refractivity contribution < 1.29 is 18.4 Å². The molecule has 0 bridgehead atoms. The monoisotopic (exact) mass is 523 g/mol. The van der Waals surface area contributed by atoms with E-state index in [1.165, 1.54) is 0 Å². The lowest BCUT2D eigenvalue weighted by Crippen LogP contribution is -2.52. The first-order valence-electron chi connectivity index (χ1n) is 13.1. The SMILES string of the molecule is COc1ccc(-c2noc(N3CCN(C(=O)NCCCN4CCC(F)(c5ccccn5)CC4)CC3)n2)cc1. The van der Waals surface area contributed by atoms with Crippen LogP contribution >= 0.6 is 0 Å². The molecule has 0 spiro atoms. The predicted molar refractivity (Wildman–Crippen MR) is 141 cm³/mol. The minimum absolute atomic E-state index is 0.0642. The molecule has 2 aliphatic rings. The Hall–Kier alpha value is -3.73. The number of nitrogens with one attached hydrogen (secondary N) is 1. The molecule has 38 heavy (non-hydrogen) atoms. The van der Waals surface area contributed by atoms with E-state index in [1.807, 2.05) is 46.2 Å². The van der Waals surface area contributed by atoms with E-state index in [9.17, 15) is 4.79 Å². The number of benzene rings is 1. The second-order valence-electron chi connectivity index (χ2n) is 9.71. The molecule has 0 unspecified atom stereocenters. The first-order chi connectivity index (χ1) is 18.5. The first-order valence-corrected chi connectivity index (χ1v) is 13.1. The van der Waals surface area contributed by atoms with E-state index in [1.54, 1.807) is 19.4 Å². The quantitative estimate of drug-likeness (QED) is 0.449. The van der Waals surface area contributed by atoms with Crippen LogP contribution in [0.5, 0.6) is 5.75 Å². The fourth-order valence-electron chi connectivity index (χ4n) is 4.93. The molecule has 4 heterocycles. The highest BCUT2D eigenvalue weighted by Gasteiger charge is 2.37. The van der Waals surface area contributed by atoms with E-state index in [4.69, 9.17) is 9.26 Å². The number of halogens is 1. The maximum atomic E-state index is 15.2. The smallest absolute Gasteiger partial charge is 0.324 e. The Morgan fingerprint density at radius 2 is 1.84 bits per heavy atom. The van der Waals surface area contributed by atoms with E-state index in [-0.39, 0.29) is 6.03 Å². The zero-order valence-electron chi connectivity index (χ0n) is 21.7. The second-order valence-corrected chi connectivity index (χ2v) is 9.71. The third-order valence-corrected chi connectivity index (χ3v) is 7.30. The van der Waals surface area contributed by atoms with Gasteiger partial charge in [-0.25, -0.2) is 9.18 Å². The average Bonchev–Trinajstić information content (AvgIpc) is 3.47. The van der Waals surface area contributed by atoms with Crippen LogP contribution in [0.2, 0.25) is 0 Å². The third kappa shape index (κ3) is 6.04. The molecule has 0 radical (unpaired) electrons. The molecule has 2 aromatic heterocycles. The highest BCUT2D eigenvalue weighted by atomic mass is 19.1. The molecule has 1 aromatic carbocycles. The number of aromatic nitrogens is 3. The van der Waals surface area contributed by atoms with Crippen molar-refractivity contribution in [3.63, 3.8) is 0 Å². The Morgan fingerprint density at radius 3 is 2.53 bits per heavy atom. The van der Waals surface area contributed by atoms with Crippen molar-refractivity contribution in [2.24, 2.45) is 0 Å². The van der Waals surface area contributed by atoms with Gasteiger partial charge in [0.05, 0.1) is 12.8 Å². The van der Waals surface area contributed by atoms with Crippen LogP contribution in [0, 0.1) is 0 Å². The molecular formula is C27H34FN7O3. The van der Waals surface area contributed by atoms with Crippen LogP contribution in [-0.2, 0) is 5.67 Å². The van der Waals surface area contributed by atoms with Crippen molar-refractivity contribution in [2.75, 3.05) is 64.4 Å². The van der Waals surface area contributed by atoms with Gasteiger partial charge in [0.1, 0.15) is 5.75 Å². The molecule has 2 saturated heterocycles. The standard InChI is InChI=1S/C27H34FN7O3/c1-37-22-8-6-21(7-9-22)24-31-26(38-32-24)35-19-17-34(18-20-35)25(36)30-13-4-14-33-15-10-27(28,11-16-33)23-5-2-3-12-29-23/h2-3,5-9,12H,4,10-11,13-20H2,1H3,(H,30,36). The van der Waals surface area contributed by atoms with Gasteiger partial charge in [-0.3, -0.25) is 4.98 Å². The van der Waals surface area contributed by atoms with Crippen LogP contribution in [0.25, 0.3) is 11.4 Å². The number of urea groups is 1. The summed E-state index contributed by atoms with van der Waals surface area (Å²) in [4.78, 5) is 27.4. The Balaban J connectivity index is 0.997. The van der Waals surface area contributed by atoms with Crippen molar-refractivity contribution in [1.82, 2.24) is 30.2 Å². The van der Waals surface area contributed by atoms with E-state index < -0.39 is 5.67 Å². The van der Waals surface area contributed by atoms with Crippen molar-refractivity contribution in [2.45, 2.75) is 24.9 Å². The number of likely N-dealkylation sites (tertiary alicyclic amines) is 1. The van der Waals surface area contributed by atoms with Gasteiger partial charge in [0, 0.05) is 57.6 Å². The Labute approximate surface area is 221 Å². The molecule has 202 valence electrons. The van der Waals surface area contributed by atoms with Gasteiger partial charge in [0.15, 0.2) is 5.67 Å². The lowest BCUT2D eigenvalue weighted by atomic mass is 9.89. The number of piperidine rings is 1. The zero-order valence-corrected chi connectivity index (χ0v) is 21.7. The van der Waals surface area contributed by atoms with Crippen LogP contribution in [0.4, 0.5) is 15.2 Å². The summed E-state index contributed by atoms with van der Waals surface area (Å²) in [6, 6.07) is 13.3. The number of carbonyl (C=O) groups excluding carboxylic acids is 1. The van der Waals surface area contributed by atoms with Crippen molar-refractivity contribution >= 4 is 12.0 Å². The average molecular weight is 524 g/mol. The van der Waals surface area contributed by atoms with Gasteiger partial charge in [-0.1, -0.05) is 11.2 Å². The van der Waals surface area contributed by atoms with Gasteiger partial charge < -0.3 is 29.3 Å². The minimum atomic E-state index is -1.34. The van der Waals surface area contributed by atoms with Crippen LogP contribution in [0.15, 0.2) is 53.2 Å². The number of rotatable bonds is 8. The topological polar surface area (TPSA) is 99.9 Å². The Bertz CT molecular complexity index is 1170. The van der Waals surface area contributed by atoms with Crippen LogP contribution in [-0.4, -0.2) is 90.4 Å². The highest BCUT2D eigenvalue weighted by molar-refractivity contribution is 5.74. The molecule has 0 aliphatic carbocycles. The summed E-state index contributed by atoms with van der Waals surface area (Å²) in [5.41, 5.74) is 0.0384. The number of methoxy groups -OCH3 is 1. The van der Waals surface area contributed by atoms with Gasteiger partial charge >= 0.3 is 12.0 Å². The molecule has 11 heteroatoms. The molecule has 1 N–H and O–H groups in total. The number of carbonyl (C=O) groups is 1. The highest BCUT2D eigenvalue weighted by Crippen LogP contribution is 2.35. The van der Waals surface area contributed by atoms with E-state index in [0.717, 1.165) is 24.3 Å². The molecule has 10 nitrogen and oxygen atoms in total. The lowest BCUT2D eigenvalue weighted by Gasteiger charge is -2.36. The molecular weight excluding hydrogens is 489 g/mol. The number of hydrogen-bond acceptors (Lipinski definition) is 8. The van der Waals surface area contributed by atoms with Crippen LogP contribution in [0.3, 0.4) is 0 Å². The summed E-state index contributed by atoms with van der Waals surface area (Å²) in [5.74, 6) is 1.29. The fraction of sp³-hybridized carbons (Fsp3) is 0.481. The summed E-state index contributed by atoms with van der Waals surface area (Å²) in [5, 5.41) is 7.11.